The molecule has 0 bridgehead atoms. The zero-order chi connectivity index (χ0) is 23.5. The van der Waals surface area contributed by atoms with Gasteiger partial charge >= 0.3 is 0 Å². The first-order valence-electron chi connectivity index (χ1n) is 11.8. The molecule has 0 fully saturated rings. The van der Waals surface area contributed by atoms with Crippen molar-refractivity contribution in [2.24, 2.45) is 0 Å². The molecule has 33 heavy (non-hydrogen) atoms. The van der Waals surface area contributed by atoms with Crippen LogP contribution >= 0.6 is 11.6 Å². The summed E-state index contributed by atoms with van der Waals surface area (Å²) in [6.07, 6.45) is 2.52. The van der Waals surface area contributed by atoms with Gasteiger partial charge in [-0.2, -0.15) is 0 Å². The molecule has 0 saturated carbocycles. The van der Waals surface area contributed by atoms with Crippen LogP contribution < -0.4 is 10.2 Å². The van der Waals surface area contributed by atoms with E-state index in [0.717, 1.165) is 53.4 Å². The highest BCUT2D eigenvalue weighted by molar-refractivity contribution is 6.33. The Morgan fingerprint density at radius 1 is 1.03 bits per heavy atom. The molecule has 174 valence electrons. The predicted molar refractivity (Wildman–Crippen MR) is 137 cm³/mol. The predicted octanol–water partition coefficient (Wildman–Crippen LogP) is 6.10. The summed E-state index contributed by atoms with van der Waals surface area (Å²) < 4.78 is 6.11. The van der Waals surface area contributed by atoms with Gasteiger partial charge in [-0.25, -0.2) is 9.97 Å². The van der Waals surface area contributed by atoms with Crippen LogP contribution in [0.2, 0.25) is 5.02 Å². The molecule has 2 aromatic carbocycles. The number of anilines is 2. The summed E-state index contributed by atoms with van der Waals surface area (Å²) in [6.45, 7) is 6.96. The summed E-state index contributed by atoms with van der Waals surface area (Å²) in [4.78, 5) is 12.2. The third kappa shape index (κ3) is 4.71. The second-order valence-corrected chi connectivity index (χ2v) is 9.01. The first-order chi connectivity index (χ1) is 16.0. The van der Waals surface area contributed by atoms with Crippen molar-refractivity contribution in [2.45, 2.75) is 52.2 Å². The van der Waals surface area contributed by atoms with Crippen molar-refractivity contribution in [2.75, 3.05) is 30.9 Å². The van der Waals surface area contributed by atoms with E-state index in [-0.39, 0.29) is 12.1 Å². The van der Waals surface area contributed by atoms with Crippen LogP contribution in [0.1, 0.15) is 49.3 Å². The molecule has 1 aromatic heterocycles. The maximum atomic E-state index is 6.69. The SMILES string of the molecule is CCO[C@H]1Cc2ccccc2[C@H]1Nc1nc(CC)c(-c2ccc(N(C)C)cc2Cl)nc1CC. The molecule has 0 amide bonds. The normalized spacial score (nSPS) is 17.2. The minimum Gasteiger partial charge on any atom is -0.378 e. The summed E-state index contributed by atoms with van der Waals surface area (Å²) in [7, 11) is 4.02. The number of benzene rings is 2. The zero-order valence-electron chi connectivity index (χ0n) is 20.2. The summed E-state index contributed by atoms with van der Waals surface area (Å²) >= 11 is 6.69. The fourth-order valence-electron chi connectivity index (χ4n) is 4.55. The van der Waals surface area contributed by atoms with E-state index in [9.17, 15) is 0 Å². The number of hydrogen-bond donors (Lipinski definition) is 1. The van der Waals surface area contributed by atoms with E-state index in [1.54, 1.807) is 0 Å². The Labute approximate surface area is 202 Å². The molecule has 0 spiro atoms. The van der Waals surface area contributed by atoms with Crippen molar-refractivity contribution in [1.82, 2.24) is 9.97 Å². The highest BCUT2D eigenvalue weighted by atomic mass is 35.5. The summed E-state index contributed by atoms with van der Waals surface area (Å²) in [5.41, 5.74) is 7.34. The molecule has 2 atom stereocenters. The summed E-state index contributed by atoms with van der Waals surface area (Å²) in [5.74, 6) is 0.838. The number of aryl methyl sites for hydroxylation is 2. The topological polar surface area (TPSA) is 50.3 Å². The molecule has 4 rings (SSSR count). The third-order valence-electron chi connectivity index (χ3n) is 6.29. The Balaban J connectivity index is 1.74. The van der Waals surface area contributed by atoms with Gasteiger partial charge in [-0.05, 0) is 49.1 Å². The van der Waals surface area contributed by atoms with Crippen molar-refractivity contribution >= 4 is 23.1 Å². The molecule has 1 aliphatic carbocycles. The number of ether oxygens (including phenoxy) is 1. The number of fused-ring (bicyclic) bond motifs is 1. The van der Waals surface area contributed by atoms with E-state index in [2.05, 4.69) is 49.5 Å². The van der Waals surface area contributed by atoms with Gasteiger partial charge in [0.1, 0.15) is 5.82 Å². The van der Waals surface area contributed by atoms with E-state index in [0.29, 0.717) is 11.6 Å². The first-order valence-corrected chi connectivity index (χ1v) is 12.2. The van der Waals surface area contributed by atoms with Gasteiger partial charge in [0.05, 0.1) is 34.3 Å². The quantitative estimate of drug-likeness (QED) is 0.436. The van der Waals surface area contributed by atoms with Gasteiger partial charge in [0.25, 0.3) is 0 Å². The van der Waals surface area contributed by atoms with Crippen molar-refractivity contribution < 1.29 is 4.74 Å². The number of rotatable bonds is 8. The fourth-order valence-corrected chi connectivity index (χ4v) is 4.81. The molecule has 1 heterocycles. The molecular weight excluding hydrogens is 432 g/mol. The summed E-state index contributed by atoms with van der Waals surface area (Å²) in [5, 5.41) is 4.39. The maximum Gasteiger partial charge on any atom is 0.148 e. The molecule has 1 N–H and O–H groups in total. The summed E-state index contributed by atoms with van der Waals surface area (Å²) in [6, 6.07) is 14.7. The van der Waals surface area contributed by atoms with Crippen LogP contribution in [-0.4, -0.2) is 36.8 Å². The highest BCUT2D eigenvalue weighted by Crippen LogP contribution is 2.38. The molecule has 5 nitrogen and oxygen atoms in total. The van der Waals surface area contributed by atoms with Crippen molar-refractivity contribution in [1.29, 1.82) is 0 Å². The van der Waals surface area contributed by atoms with Crippen LogP contribution in [0.15, 0.2) is 42.5 Å². The standard InChI is InChI=1S/C27H33ClN4O/c1-6-22-25(20-14-13-18(32(4)5)16-21(20)28)29-23(7-2)27(30-22)31-26-19-12-10-9-11-17(19)15-24(26)33-8-3/h9-14,16,24,26H,6-8,15H2,1-5H3,(H,30,31)/t24-,26+/m0/s1. The van der Waals surface area contributed by atoms with E-state index < -0.39 is 0 Å². The fraction of sp³-hybridized carbons (Fsp3) is 0.407. The minimum atomic E-state index is 0.0549. The number of aromatic nitrogens is 2. The Bertz CT molecular complexity index is 1130. The Hall–Kier alpha value is -2.63. The molecule has 1 aliphatic rings. The number of halogens is 1. The van der Waals surface area contributed by atoms with Crippen LogP contribution in [0.3, 0.4) is 0 Å². The lowest BCUT2D eigenvalue weighted by Gasteiger charge is -2.24. The van der Waals surface area contributed by atoms with Crippen LogP contribution in [-0.2, 0) is 24.0 Å². The average molecular weight is 465 g/mol. The number of nitrogens with zero attached hydrogens (tertiary/aromatic N) is 3. The molecule has 3 aromatic rings. The van der Waals surface area contributed by atoms with E-state index in [4.69, 9.17) is 26.3 Å². The van der Waals surface area contributed by atoms with Crippen molar-refractivity contribution in [3.8, 4) is 11.3 Å². The molecule has 0 unspecified atom stereocenters. The number of nitrogens with one attached hydrogen (secondary N) is 1. The Morgan fingerprint density at radius 3 is 2.45 bits per heavy atom. The lowest BCUT2D eigenvalue weighted by atomic mass is 10.1. The van der Waals surface area contributed by atoms with Gasteiger partial charge in [-0.3, -0.25) is 0 Å². The number of hydrogen-bond acceptors (Lipinski definition) is 5. The zero-order valence-corrected chi connectivity index (χ0v) is 20.9. The first kappa shape index (κ1) is 23.5. The van der Waals surface area contributed by atoms with Crippen molar-refractivity contribution in [3.63, 3.8) is 0 Å². The van der Waals surface area contributed by atoms with Crippen LogP contribution in [0, 0.1) is 0 Å². The minimum absolute atomic E-state index is 0.0549. The Morgan fingerprint density at radius 2 is 1.79 bits per heavy atom. The smallest absolute Gasteiger partial charge is 0.148 e. The molecule has 6 heteroatoms. The lowest BCUT2D eigenvalue weighted by Crippen LogP contribution is -2.26. The van der Waals surface area contributed by atoms with Gasteiger partial charge in [-0.15, -0.1) is 0 Å². The molecule has 0 saturated heterocycles. The van der Waals surface area contributed by atoms with E-state index >= 15 is 0 Å². The van der Waals surface area contributed by atoms with E-state index in [1.165, 1.54) is 11.1 Å². The van der Waals surface area contributed by atoms with E-state index in [1.807, 2.05) is 38.1 Å². The van der Waals surface area contributed by atoms with Crippen LogP contribution in [0.4, 0.5) is 11.5 Å². The monoisotopic (exact) mass is 464 g/mol. The average Bonchev–Trinajstić information content (AvgIpc) is 3.16. The molecular formula is C27H33ClN4O. The maximum absolute atomic E-state index is 6.69. The van der Waals surface area contributed by atoms with Crippen molar-refractivity contribution in [3.05, 3.63) is 70.0 Å². The lowest BCUT2D eigenvalue weighted by molar-refractivity contribution is 0.0573. The molecule has 0 radical (unpaired) electrons. The second-order valence-electron chi connectivity index (χ2n) is 8.60. The van der Waals surface area contributed by atoms with Crippen LogP contribution in [0.5, 0.6) is 0 Å². The largest absolute Gasteiger partial charge is 0.378 e. The third-order valence-corrected chi connectivity index (χ3v) is 6.60. The van der Waals surface area contributed by atoms with Crippen LogP contribution in [0.25, 0.3) is 11.3 Å². The highest BCUT2D eigenvalue weighted by Gasteiger charge is 2.33. The van der Waals surface area contributed by atoms with Gasteiger partial charge in [0, 0.05) is 38.4 Å². The van der Waals surface area contributed by atoms with Gasteiger partial charge < -0.3 is 15.0 Å². The van der Waals surface area contributed by atoms with Gasteiger partial charge in [0.2, 0.25) is 0 Å². The van der Waals surface area contributed by atoms with Gasteiger partial charge in [-0.1, -0.05) is 49.7 Å². The Kier molecular flexibility index (Phi) is 7.20. The van der Waals surface area contributed by atoms with Gasteiger partial charge in [0.15, 0.2) is 0 Å². The molecule has 0 aliphatic heterocycles. The second kappa shape index (κ2) is 10.1.